The number of hydrogen-bond donors (Lipinski definition) is 0. The first kappa shape index (κ1) is 17.9. The lowest BCUT2D eigenvalue weighted by atomic mass is 9.77. The number of benzene rings is 1. The summed E-state index contributed by atoms with van der Waals surface area (Å²) in [7, 11) is 0.269. The molecule has 2 saturated heterocycles. The molecule has 8 heteroatoms. The van der Waals surface area contributed by atoms with Gasteiger partial charge in [-0.05, 0) is 45.0 Å². The maximum absolute atomic E-state index is 14.6. The fraction of sp³-hybridized carbons (Fsp3) is 0.529. The summed E-state index contributed by atoms with van der Waals surface area (Å²) in [6.07, 6.45) is 2.31. The summed E-state index contributed by atoms with van der Waals surface area (Å²) in [5.41, 5.74) is 0.905. The van der Waals surface area contributed by atoms with E-state index in [9.17, 15) is 14.0 Å². The van der Waals surface area contributed by atoms with Crippen molar-refractivity contribution in [2.24, 2.45) is 0 Å². The van der Waals surface area contributed by atoms with Gasteiger partial charge in [-0.25, -0.2) is 4.39 Å². The predicted octanol–water partition coefficient (Wildman–Crippen LogP) is 0.537. The number of nitrogens with zero attached hydrogens (tertiary/aromatic N) is 2. The molecule has 1 aromatic rings. The first-order valence-electron chi connectivity index (χ1n) is 8.52. The molecule has 2 aliphatic rings. The van der Waals surface area contributed by atoms with E-state index < -0.39 is 24.9 Å². The zero-order valence-corrected chi connectivity index (χ0v) is 14.5. The molecule has 0 amide bonds. The minimum absolute atomic E-state index is 0.0435. The molecule has 2 fully saturated rings. The fourth-order valence-corrected chi connectivity index (χ4v) is 3.28. The van der Waals surface area contributed by atoms with E-state index in [-0.39, 0.29) is 18.6 Å². The van der Waals surface area contributed by atoms with Crippen LogP contribution in [-0.4, -0.2) is 61.6 Å². The topological polar surface area (TPSA) is 59.1 Å². The average molecular weight is 348 g/mol. The smallest absolute Gasteiger partial charge is 0.494 e. The Labute approximate surface area is 147 Å². The van der Waals surface area contributed by atoms with Crippen molar-refractivity contribution in [2.45, 2.75) is 32.4 Å². The number of carbonyl (C=O) groups excluding carboxylic acids is 2. The third-order valence-corrected chi connectivity index (χ3v) is 4.67. The summed E-state index contributed by atoms with van der Waals surface area (Å²) in [5.74, 6) is -1.66. The highest BCUT2D eigenvalue weighted by Crippen LogP contribution is 2.19. The number of carbonyl (C=O) groups is 2. The van der Waals surface area contributed by atoms with Crippen molar-refractivity contribution in [1.82, 2.24) is 9.80 Å². The Kier molecular flexibility index (Phi) is 5.39. The molecule has 25 heavy (non-hydrogen) atoms. The second-order valence-electron chi connectivity index (χ2n) is 6.80. The van der Waals surface area contributed by atoms with Crippen LogP contribution < -0.4 is 5.46 Å². The second-order valence-corrected chi connectivity index (χ2v) is 6.80. The zero-order chi connectivity index (χ0) is 18.0. The highest BCUT2D eigenvalue weighted by atomic mass is 19.1. The Bertz CT molecular complexity index is 652. The van der Waals surface area contributed by atoms with Crippen LogP contribution in [0.2, 0.25) is 0 Å². The number of hydrogen-bond acceptors (Lipinski definition) is 6. The van der Waals surface area contributed by atoms with E-state index in [4.69, 9.17) is 9.31 Å². The van der Waals surface area contributed by atoms with Crippen LogP contribution in [0.15, 0.2) is 18.2 Å². The van der Waals surface area contributed by atoms with Crippen LogP contribution in [0.1, 0.15) is 25.3 Å². The second kappa shape index (κ2) is 7.53. The van der Waals surface area contributed by atoms with Gasteiger partial charge in [0.15, 0.2) is 0 Å². The zero-order valence-electron chi connectivity index (χ0n) is 14.5. The van der Waals surface area contributed by atoms with Crippen molar-refractivity contribution < 1.29 is 23.3 Å². The van der Waals surface area contributed by atoms with E-state index in [1.54, 1.807) is 13.1 Å². The molecule has 0 saturated carbocycles. The normalized spacial score (nSPS) is 23.2. The molecule has 1 unspecified atom stereocenters. The Morgan fingerprint density at radius 2 is 1.92 bits per heavy atom. The molecule has 0 N–H and O–H groups in total. The van der Waals surface area contributed by atoms with Crippen molar-refractivity contribution >= 4 is 24.5 Å². The van der Waals surface area contributed by atoms with E-state index in [0.29, 0.717) is 12.6 Å². The van der Waals surface area contributed by atoms with Gasteiger partial charge in [0, 0.05) is 18.0 Å². The van der Waals surface area contributed by atoms with E-state index >= 15 is 0 Å². The van der Waals surface area contributed by atoms with Crippen LogP contribution in [0.4, 0.5) is 4.39 Å². The molecule has 1 atom stereocenters. The summed E-state index contributed by atoms with van der Waals surface area (Å²) in [5, 5.41) is 0. The summed E-state index contributed by atoms with van der Waals surface area (Å²) in [6.45, 7) is 3.77. The molecule has 2 heterocycles. The SMILES string of the molecule is CC1CCCN1Cc1ccc(B2OC(=O)CN(C)CC(=O)O2)c(F)c1. The van der Waals surface area contributed by atoms with Crippen molar-refractivity contribution in [1.29, 1.82) is 0 Å². The molecular weight excluding hydrogens is 326 g/mol. The van der Waals surface area contributed by atoms with Gasteiger partial charge in [-0.3, -0.25) is 19.4 Å². The number of rotatable bonds is 3. The lowest BCUT2D eigenvalue weighted by molar-refractivity contribution is -0.145. The third-order valence-electron chi connectivity index (χ3n) is 4.67. The van der Waals surface area contributed by atoms with Gasteiger partial charge in [0.05, 0.1) is 13.1 Å². The van der Waals surface area contributed by atoms with Crippen molar-refractivity contribution in [3.05, 3.63) is 29.6 Å². The minimum Gasteiger partial charge on any atom is -0.494 e. The minimum atomic E-state index is -1.34. The molecule has 3 rings (SSSR count). The van der Waals surface area contributed by atoms with Gasteiger partial charge in [-0.2, -0.15) is 0 Å². The maximum atomic E-state index is 14.6. The lowest BCUT2D eigenvalue weighted by Gasteiger charge is -2.23. The van der Waals surface area contributed by atoms with Gasteiger partial charge in [0.25, 0.3) is 0 Å². The van der Waals surface area contributed by atoms with Gasteiger partial charge in [0.2, 0.25) is 0 Å². The summed E-state index contributed by atoms with van der Waals surface area (Å²) in [6, 6.07) is 5.23. The molecule has 1 aromatic carbocycles. The van der Waals surface area contributed by atoms with Crippen LogP contribution in [0.3, 0.4) is 0 Å². The monoisotopic (exact) mass is 348 g/mol. The molecule has 6 nitrogen and oxygen atoms in total. The van der Waals surface area contributed by atoms with Gasteiger partial charge < -0.3 is 9.31 Å². The fourth-order valence-electron chi connectivity index (χ4n) is 3.28. The number of likely N-dealkylation sites (N-methyl/N-ethyl adjacent to an activating group) is 1. The summed E-state index contributed by atoms with van der Waals surface area (Å²) in [4.78, 5) is 27.4. The lowest BCUT2D eigenvalue weighted by Crippen LogP contribution is -2.48. The Morgan fingerprint density at radius 3 is 2.48 bits per heavy atom. The number of halogens is 1. The number of likely N-dealkylation sites (tertiary alicyclic amines) is 1. The highest BCUT2D eigenvalue weighted by molar-refractivity contribution is 6.64. The Hall–Kier alpha value is -1.93. The van der Waals surface area contributed by atoms with Crippen LogP contribution in [0, 0.1) is 5.82 Å². The van der Waals surface area contributed by atoms with Crippen LogP contribution in [0.25, 0.3) is 0 Å². The van der Waals surface area contributed by atoms with Crippen molar-refractivity contribution in [3.8, 4) is 0 Å². The summed E-state index contributed by atoms with van der Waals surface area (Å²) >= 11 is 0. The molecule has 0 radical (unpaired) electrons. The van der Waals surface area contributed by atoms with Gasteiger partial charge in [-0.1, -0.05) is 12.1 Å². The molecule has 0 spiro atoms. The van der Waals surface area contributed by atoms with Crippen LogP contribution in [0.5, 0.6) is 0 Å². The van der Waals surface area contributed by atoms with E-state index in [0.717, 1.165) is 24.9 Å². The first-order chi connectivity index (χ1) is 11.9. The average Bonchev–Trinajstić information content (AvgIpc) is 2.90. The molecular formula is C17H22BFN2O4. The maximum Gasteiger partial charge on any atom is 0.639 e. The quantitative estimate of drug-likeness (QED) is 0.743. The molecule has 0 aliphatic carbocycles. The van der Waals surface area contributed by atoms with E-state index in [1.807, 2.05) is 0 Å². The predicted molar refractivity (Wildman–Crippen MR) is 90.6 cm³/mol. The Balaban J connectivity index is 1.75. The summed E-state index contributed by atoms with van der Waals surface area (Å²) < 4.78 is 24.8. The van der Waals surface area contributed by atoms with Crippen LogP contribution >= 0.6 is 0 Å². The van der Waals surface area contributed by atoms with Gasteiger partial charge >= 0.3 is 19.1 Å². The molecule has 0 bridgehead atoms. The molecule has 0 aromatic heterocycles. The standard InChI is InChI=1S/C17H22BFN2O4/c1-12-4-3-7-21(12)9-13-5-6-14(15(19)8-13)18-24-16(22)10-20(2)11-17(23)25-18/h5-6,8,12H,3-4,7,9-11H2,1-2H3. The van der Waals surface area contributed by atoms with E-state index in [2.05, 4.69) is 11.8 Å². The van der Waals surface area contributed by atoms with Crippen molar-refractivity contribution in [2.75, 3.05) is 26.7 Å². The van der Waals surface area contributed by atoms with Gasteiger partial charge in [0.1, 0.15) is 5.82 Å². The highest BCUT2D eigenvalue weighted by Gasteiger charge is 2.36. The molecule has 2 aliphatic heterocycles. The third kappa shape index (κ3) is 4.38. The first-order valence-corrected chi connectivity index (χ1v) is 8.52. The van der Waals surface area contributed by atoms with Gasteiger partial charge in [-0.15, -0.1) is 0 Å². The molecule has 134 valence electrons. The largest absolute Gasteiger partial charge is 0.639 e. The van der Waals surface area contributed by atoms with Crippen LogP contribution in [-0.2, 0) is 25.4 Å². The van der Waals surface area contributed by atoms with E-state index in [1.165, 1.54) is 17.0 Å². The van der Waals surface area contributed by atoms with Crippen molar-refractivity contribution in [3.63, 3.8) is 0 Å². The Morgan fingerprint density at radius 1 is 1.24 bits per heavy atom.